The zero-order chi connectivity index (χ0) is 27.6. The van der Waals surface area contributed by atoms with Crippen molar-refractivity contribution in [2.24, 2.45) is 0 Å². The van der Waals surface area contributed by atoms with Crippen molar-refractivity contribution in [2.45, 2.75) is 57.8 Å². The monoisotopic (exact) mass is 536 g/mol. The molecule has 4 rings (SSSR count). The van der Waals surface area contributed by atoms with Gasteiger partial charge in [0.25, 0.3) is 0 Å². The molecule has 0 unspecified atom stereocenters. The number of benzene rings is 3. The highest BCUT2D eigenvalue weighted by Gasteiger charge is 2.30. The Morgan fingerprint density at radius 2 is 1.24 bits per heavy atom. The van der Waals surface area contributed by atoms with Crippen LogP contribution in [0.15, 0.2) is 36.4 Å². The minimum Gasteiger partial charge on any atom is -0.490 e. The summed E-state index contributed by atoms with van der Waals surface area (Å²) in [5.41, 5.74) is -0.252. The van der Waals surface area contributed by atoms with E-state index in [1.165, 1.54) is 19.1 Å². The molecule has 3 aromatic rings. The molecular weight excluding hydrogens is 510 g/mol. The Labute approximate surface area is 216 Å². The van der Waals surface area contributed by atoms with Crippen molar-refractivity contribution < 1.29 is 40.6 Å². The molecular formula is C29H26F6O3. The molecule has 9 heteroatoms. The van der Waals surface area contributed by atoms with Gasteiger partial charge >= 0.3 is 5.97 Å². The summed E-state index contributed by atoms with van der Waals surface area (Å²) in [6, 6.07) is 7.40. The van der Waals surface area contributed by atoms with E-state index in [1.807, 2.05) is 0 Å². The van der Waals surface area contributed by atoms with Crippen LogP contribution in [0.5, 0.6) is 11.5 Å². The molecule has 202 valence electrons. The summed E-state index contributed by atoms with van der Waals surface area (Å²) >= 11 is 0. The maximum Gasteiger partial charge on any atom is 0.346 e. The molecule has 1 aliphatic carbocycles. The highest BCUT2D eigenvalue weighted by molar-refractivity contribution is 5.91. The van der Waals surface area contributed by atoms with E-state index in [0.29, 0.717) is 32.1 Å². The van der Waals surface area contributed by atoms with Crippen molar-refractivity contribution in [3.8, 4) is 11.5 Å². The number of carbonyl (C=O) groups is 1. The van der Waals surface area contributed by atoms with Gasteiger partial charge in [0.15, 0.2) is 34.8 Å². The zero-order valence-electron chi connectivity index (χ0n) is 20.9. The number of halogens is 6. The van der Waals surface area contributed by atoms with Gasteiger partial charge in [-0.25, -0.2) is 22.4 Å². The average Bonchev–Trinajstić information content (AvgIpc) is 2.91. The lowest BCUT2D eigenvalue weighted by molar-refractivity contribution is 0.0720. The first-order valence-corrected chi connectivity index (χ1v) is 12.4. The number of hydrogen-bond donors (Lipinski definition) is 0. The van der Waals surface area contributed by atoms with Crippen molar-refractivity contribution in [3.05, 3.63) is 93.6 Å². The van der Waals surface area contributed by atoms with E-state index in [9.17, 15) is 31.1 Å². The van der Waals surface area contributed by atoms with Gasteiger partial charge in [0.05, 0.1) is 12.2 Å². The van der Waals surface area contributed by atoms with Gasteiger partial charge in [0.2, 0.25) is 11.6 Å². The summed E-state index contributed by atoms with van der Waals surface area (Å²) < 4.78 is 96.7. The minimum atomic E-state index is -1.53. The Balaban J connectivity index is 1.46. The molecule has 0 heterocycles. The SMILES string of the molecule is CCCOc1ccc(C(=O)Oc2ccc(C3CCC(c4ccc(C)c(F)c4F)CC3)c(F)c2F)c(F)c1F. The Morgan fingerprint density at radius 1 is 0.711 bits per heavy atom. The van der Waals surface area contributed by atoms with Crippen molar-refractivity contribution in [1.82, 2.24) is 0 Å². The molecule has 1 saturated carbocycles. The molecule has 0 spiro atoms. The number of ether oxygens (including phenoxy) is 2. The van der Waals surface area contributed by atoms with E-state index in [-0.39, 0.29) is 40.9 Å². The maximum atomic E-state index is 15.0. The van der Waals surface area contributed by atoms with Crippen LogP contribution in [0.3, 0.4) is 0 Å². The van der Waals surface area contributed by atoms with Gasteiger partial charge in [-0.15, -0.1) is 0 Å². The summed E-state index contributed by atoms with van der Waals surface area (Å²) in [4.78, 5) is 12.4. The Bertz CT molecular complexity index is 1350. The molecule has 1 fully saturated rings. The van der Waals surface area contributed by atoms with E-state index in [2.05, 4.69) is 0 Å². The lowest BCUT2D eigenvalue weighted by Gasteiger charge is -2.29. The van der Waals surface area contributed by atoms with Crippen molar-refractivity contribution in [1.29, 1.82) is 0 Å². The summed E-state index contributed by atoms with van der Waals surface area (Å²) in [5, 5.41) is 0. The lowest BCUT2D eigenvalue weighted by atomic mass is 9.75. The first-order chi connectivity index (χ1) is 18.1. The van der Waals surface area contributed by atoms with Crippen LogP contribution in [-0.4, -0.2) is 12.6 Å². The third-order valence-electron chi connectivity index (χ3n) is 6.92. The fraction of sp³-hybridized carbons (Fsp3) is 0.345. The Hall–Kier alpha value is -3.49. The number of aryl methyl sites for hydroxylation is 1. The van der Waals surface area contributed by atoms with Crippen molar-refractivity contribution in [2.75, 3.05) is 6.61 Å². The van der Waals surface area contributed by atoms with Gasteiger partial charge in [0.1, 0.15) is 0 Å². The van der Waals surface area contributed by atoms with Gasteiger partial charge in [-0.05, 0) is 85.8 Å². The third-order valence-corrected chi connectivity index (χ3v) is 6.92. The van der Waals surface area contributed by atoms with Gasteiger partial charge < -0.3 is 9.47 Å². The van der Waals surface area contributed by atoms with Crippen molar-refractivity contribution in [3.63, 3.8) is 0 Å². The number of rotatable bonds is 7. The highest BCUT2D eigenvalue weighted by atomic mass is 19.2. The third kappa shape index (κ3) is 5.37. The fourth-order valence-corrected chi connectivity index (χ4v) is 4.80. The maximum absolute atomic E-state index is 15.0. The van der Waals surface area contributed by atoms with E-state index in [4.69, 9.17) is 9.47 Å². The molecule has 0 aromatic heterocycles. The largest absolute Gasteiger partial charge is 0.490 e. The molecule has 0 N–H and O–H groups in total. The van der Waals surface area contributed by atoms with Crippen LogP contribution < -0.4 is 9.47 Å². The van der Waals surface area contributed by atoms with Crippen LogP contribution in [0.1, 0.15) is 77.9 Å². The fourth-order valence-electron chi connectivity index (χ4n) is 4.80. The summed E-state index contributed by atoms with van der Waals surface area (Å²) in [5.74, 6) is -10.5. The van der Waals surface area contributed by atoms with Gasteiger partial charge in [-0.3, -0.25) is 0 Å². The summed E-state index contributed by atoms with van der Waals surface area (Å²) in [6.07, 6.45) is 2.27. The zero-order valence-corrected chi connectivity index (χ0v) is 20.9. The average molecular weight is 537 g/mol. The van der Waals surface area contributed by atoms with Crippen molar-refractivity contribution >= 4 is 5.97 Å². The van der Waals surface area contributed by atoms with Gasteiger partial charge in [-0.1, -0.05) is 25.1 Å². The molecule has 1 aliphatic rings. The molecule has 3 aromatic carbocycles. The van der Waals surface area contributed by atoms with Crippen LogP contribution in [-0.2, 0) is 0 Å². The Kier molecular flexibility index (Phi) is 8.33. The van der Waals surface area contributed by atoms with Gasteiger partial charge in [0, 0.05) is 0 Å². The predicted octanol–water partition coefficient (Wildman–Crippen LogP) is 8.28. The van der Waals surface area contributed by atoms with Crippen LogP contribution >= 0.6 is 0 Å². The minimum absolute atomic E-state index is 0.0611. The molecule has 0 amide bonds. The molecule has 0 radical (unpaired) electrons. The Morgan fingerprint density at radius 3 is 1.84 bits per heavy atom. The number of hydrogen-bond acceptors (Lipinski definition) is 3. The second-order valence-corrected chi connectivity index (χ2v) is 9.41. The molecule has 0 saturated heterocycles. The summed E-state index contributed by atoms with van der Waals surface area (Å²) in [6.45, 7) is 3.39. The first kappa shape index (κ1) is 27.5. The summed E-state index contributed by atoms with van der Waals surface area (Å²) in [7, 11) is 0. The highest BCUT2D eigenvalue weighted by Crippen LogP contribution is 2.43. The first-order valence-electron chi connectivity index (χ1n) is 12.4. The van der Waals surface area contributed by atoms with Gasteiger partial charge in [-0.2, -0.15) is 8.78 Å². The second kappa shape index (κ2) is 11.5. The normalized spacial score (nSPS) is 17.4. The van der Waals surface area contributed by atoms with E-state index >= 15 is 0 Å². The van der Waals surface area contributed by atoms with Crippen LogP contribution in [0.25, 0.3) is 0 Å². The molecule has 0 atom stereocenters. The second-order valence-electron chi connectivity index (χ2n) is 9.41. The topological polar surface area (TPSA) is 35.5 Å². The standard InChI is InChI=1S/C29H26F6O3/c1-3-14-37-21-12-11-20(26(33)27(21)34)29(36)38-22-13-10-19(25(32)28(22)35)17-7-5-16(6-8-17)18-9-4-15(2)23(30)24(18)31/h4,9-13,16-17H,3,5-8,14H2,1-2H3. The lowest BCUT2D eigenvalue weighted by Crippen LogP contribution is -2.16. The number of esters is 1. The quantitative estimate of drug-likeness (QED) is 0.173. The van der Waals surface area contributed by atoms with E-state index < -0.39 is 52.2 Å². The van der Waals surface area contributed by atoms with Crippen LogP contribution in [0, 0.1) is 41.8 Å². The van der Waals surface area contributed by atoms with E-state index in [1.54, 1.807) is 13.0 Å². The smallest absolute Gasteiger partial charge is 0.346 e. The number of carbonyl (C=O) groups excluding carboxylic acids is 1. The molecule has 3 nitrogen and oxygen atoms in total. The molecule has 0 bridgehead atoms. The molecule has 0 aliphatic heterocycles. The van der Waals surface area contributed by atoms with Crippen LogP contribution in [0.2, 0.25) is 0 Å². The van der Waals surface area contributed by atoms with Crippen LogP contribution in [0.4, 0.5) is 26.3 Å². The van der Waals surface area contributed by atoms with E-state index in [0.717, 1.165) is 18.2 Å². The molecule has 38 heavy (non-hydrogen) atoms. The predicted molar refractivity (Wildman–Crippen MR) is 129 cm³/mol.